The van der Waals surface area contributed by atoms with Crippen molar-refractivity contribution in [3.63, 3.8) is 0 Å². The topological polar surface area (TPSA) is 29.1 Å². The van der Waals surface area contributed by atoms with E-state index in [4.69, 9.17) is 0 Å². The van der Waals surface area contributed by atoms with Crippen molar-refractivity contribution in [1.82, 2.24) is 5.32 Å². The molecule has 2 aliphatic rings. The van der Waals surface area contributed by atoms with E-state index in [9.17, 15) is 4.79 Å². The highest BCUT2D eigenvalue weighted by atomic mass is 79.9. The summed E-state index contributed by atoms with van der Waals surface area (Å²) < 4.78 is 2.01. The van der Waals surface area contributed by atoms with Gasteiger partial charge < -0.3 is 5.32 Å². The second-order valence-corrected chi connectivity index (χ2v) is 8.19. The van der Waals surface area contributed by atoms with Gasteiger partial charge in [-0.2, -0.15) is 0 Å². The van der Waals surface area contributed by atoms with Crippen LogP contribution in [0, 0.1) is 0 Å². The van der Waals surface area contributed by atoms with Crippen LogP contribution < -0.4 is 5.32 Å². The fourth-order valence-electron chi connectivity index (χ4n) is 4.30. The van der Waals surface area contributed by atoms with Gasteiger partial charge in [0.15, 0.2) is 5.78 Å². The first-order chi connectivity index (χ1) is 11.0. The van der Waals surface area contributed by atoms with Crippen LogP contribution in [0.3, 0.4) is 0 Å². The molecule has 0 unspecified atom stereocenters. The molecule has 1 N–H and O–H groups in total. The zero-order valence-corrected chi connectivity index (χ0v) is 16.1. The Bertz CT molecular complexity index is 822. The average Bonchev–Trinajstić information content (AvgIpc) is 2.78. The van der Waals surface area contributed by atoms with E-state index in [0.29, 0.717) is 0 Å². The second kappa shape index (κ2) is 5.54. The van der Waals surface area contributed by atoms with Gasteiger partial charge >= 0.3 is 0 Å². The second-order valence-electron chi connectivity index (χ2n) is 6.42. The molecule has 118 valence electrons. The molecule has 1 saturated heterocycles. The van der Waals surface area contributed by atoms with Gasteiger partial charge in [-0.15, -0.1) is 0 Å². The van der Waals surface area contributed by atoms with E-state index in [1.807, 2.05) is 6.07 Å². The average molecular weight is 435 g/mol. The maximum Gasteiger partial charge on any atom is 0.161 e. The minimum absolute atomic E-state index is 0.0511. The van der Waals surface area contributed by atoms with Gasteiger partial charge in [0.1, 0.15) is 0 Å². The first-order valence-corrected chi connectivity index (χ1v) is 9.48. The predicted octanol–water partition coefficient (Wildman–Crippen LogP) is 5.06. The first-order valence-electron chi connectivity index (χ1n) is 7.90. The van der Waals surface area contributed by atoms with Crippen LogP contribution in [0.4, 0.5) is 0 Å². The van der Waals surface area contributed by atoms with E-state index in [1.165, 1.54) is 22.3 Å². The Morgan fingerprint density at radius 1 is 1.09 bits per heavy atom. The molecule has 1 spiro atoms. The normalized spacial score (nSPS) is 17.9. The van der Waals surface area contributed by atoms with E-state index in [1.54, 1.807) is 6.92 Å². The van der Waals surface area contributed by atoms with Crippen LogP contribution in [0.5, 0.6) is 0 Å². The molecule has 1 heterocycles. The monoisotopic (exact) mass is 433 g/mol. The number of carbonyl (C=O) groups excluding carboxylic acids is 1. The Morgan fingerprint density at radius 3 is 2.48 bits per heavy atom. The van der Waals surface area contributed by atoms with E-state index in [2.05, 4.69) is 61.4 Å². The lowest BCUT2D eigenvalue weighted by atomic mass is 9.69. The highest BCUT2D eigenvalue weighted by Gasteiger charge is 2.46. The van der Waals surface area contributed by atoms with Gasteiger partial charge in [0, 0.05) is 19.9 Å². The van der Waals surface area contributed by atoms with Crippen molar-refractivity contribution in [2.24, 2.45) is 0 Å². The van der Waals surface area contributed by atoms with Crippen LogP contribution in [-0.2, 0) is 5.41 Å². The molecule has 0 radical (unpaired) electrons. The summed E-state index contributed by atoms with van der Waals surface area (Å²) in [6, 6.07) is 10.7. The molecule has 0 bridgehead atoms. The molecule has 1 fully saturated rings. The van der Waals surface area contributed by atoms with Crippen molar-refractivity contribution in [2.75, 3.05) is 13.1 Å². The molecule has 1 aliphatic heterocycles. The van der Waals surface area contributed by atoms with Crippen molar-refractivity contribution < 1.29 is 4.79 Å². The number of piperidine rings is 1. The number of carbonyl (C=O) groups is 1. The maximum absolute atomic E-state index is 12.4. The minimum atomic E-state index is -0.0511. The third-order valence-electron chi connectivity index (χ3n) is 5.23. The third kappa shape index (κ3) is 2.19. The lowest BCUT2D eigenvalue weighted by Gasteiger charge is -2.37. The molecule has 1 aliphatic carbocycles. The smallest absolute Gasteiger partial charge is 0.161 e. The molecule has 2 aromatic carbocycles. The zero-order valence-electron chi connectivity index (χ0n) is 12.9. The van der Waals surface area contributed by atoms with Crippen molar-refractivity contribution in [3.05, 3.63) is 56.0 Å². The Hall–Kier alpha value is -0.970. The largest absolute Gasteiger partial charge is 0.317 e. The van der Waals surface area contributed by atoms with Gasteiger partial charge in [-0.1, -0.05) is 44.0 Å². The SMILES string of the molecule is CC(=O)c1c(Br)ccc2c1C1(CCNCC1)c1cc(Br)ccc1-2. The van der Waals surface area contributed by atoms with Crippen LogP contribution >= 0.6 is 31.9 Å². The molecule has 2 nitrogen and oxygen atoms in total. The summed E-state index contributed by atoms with van der Waals surface area (Å²) in [6.07, 6.45) is 2.06. The van der Waals surface area contributed by atoms with Gasteiger partial charge in [0.2, 0.25) is 0 Å². The summed E-state index contributed by atoms with van der Waals surface area (Å²) in [4.78, 5) is 12.4. The van der Waals surface area contributed by atoms with Crippen LogP contribution in [0.15, 0.2) is 39.3 Å². The van der Waals surface area contributed by atoms with Crippen molar-refractivity contribution >= 4 is 37.6 Å². The molecule has 23 heavy (non-hydrogen) atoms. The quantitative estimate of drug-likeness (QED) is 0.635. The predicted molar refractivity (Wildman–Crippen MR) is 100 cm³/mol. The van der Waals surface area contributed by atoms with Crippen LogP contribution in [0.2, 0.25) is 0 Å². The molecule has 0 aromatic heterocycles. The maximum atomic E-state index is 12.4. The molecular formula is C19H17Br2NO. The van der Waals surface area contributed by atoms with Gasteiger partial charge in [0.05, 0.1) is 0 Å². The summed E-state index contributed by atoms with van der Waals surface area (Å²) in [7, 11) is 0. The fourth-order valence-corrected chi connectivity index (χ4v) is 5.27. The molecular weight excluding hydrogens is 418 g/mol. The van der Waals surface area contributed by atoms with Crippen LogP contribution in [-0.4, -0.2) is 18.9 Å². The molecule has 0 amide bonds. The van der Waals surface area contributed by atoms with Crippen LogP contribution in [0.1, 0.15) is 41.3 Å². The summed E-state index contributed by atoms with van der Waals surface area (Å²) in [5.41, 5.74) is 5.90. The molecule has 0 atom stereocenters. The lowest BCUT2D eigenvalue weighted by Crippen LogP contribution is -2.40. The van der Waals surface area contributed by atoms with Crippen molar-refractivity contribution in [2.45, 2.75) is 25.2 Å². The van der Waals surface area contributed by atoms with E-state index in [-0.39, 0.29) is 11.2 Å². The van der Waals surface area contributed by atoms with Crippen molar-refractivity contribution in [1.29, 1.82) is 0 Å². The fraction of sp³-hybridized carbons (Fsp3) is 0.316. The van der Waals surface area contributed by atoms with E-state index < -0.39 is 0 Å². The lowest BCUT2D eigenvalue weighted by molar-refractivity contribution is 0.101. The zero-order chi connectivity index (χ0) is 16.2. The summed E-state index contributed by atoms with van der Waals surface area (Å²) in [6.45, 7) is 3.64. The first kappa shape index (κ1) is 15.6. The van der Waals surface area contributed by atoms with Crippen molar-refractivity contribution in [3.8, 4) is 11.1 Å². The molecule has 4 rings (SSSR count). The number of ketones is 1. The van der Waals surface area contributed by atoms with Gasteiger partial charge in [-0.25, -0.2) is 0 Å². The van der Waals surface area contributed by atoms with Crippen LogP contribution in [0.25, 0.3) is 11.1 Å². The Kier molecular flexibility index (Phi) is 3.74. The molecule has 4 heteroatoms. The van der Waals surface area contributed by atoms with Gasteiger partial charge in [-0.3, -0.25) is 4.79 Å². The summed E-state index contributed by atoms with van der Waals surface area (Å²) in [5.74, 6) is 0.138. The summed E-state index contributed by atoms with van der Waals surface area (Å²) in [5, 5.41) is 3.47. The number of Topliss-reactive ketones (excluding diaryl/α,β-unsaturated/α-hetero) is 1. The number of benzene rings is 2. The Morgan fingerprint density at radius 2 is 1.78 bits per heavy atom. The molecule has 0 saturated carbocycles. The van der Waals surface area contributed by atoms with E-state index in [0.717, 1.165) is 40.4 Å². The highest BCUT2D eigenvalue weighted by molar-refractivity contribution is 9.10. The standard InChI is InChI=1S/C19H17Br2NO/c1-11(23)17-16(21)5-4-14-13-3-2-12(20)10-15(13)19(18(14)17)6-8-22-9-7-19/h2-5,10,22H,6-9H2,1H3. The number of hydrogen-bond donors (Lipinski definition) is 1. The van der Waals surface area contributed by atoms with E-state index >= 15 is 0 Å². The molecule has 2 aromatic rings. The minimum Gasteiger partial charge on any atom is -0.317 e. The number of hydrogen-bond acceptors (Lipinski definition) is 2. The Labute approximate surface area is 152 Å². The third-order valence-corrected chi connectivity index (χ3v) is 6.38. The summed E-state index contributed by atoms with van der Waals surface area (Å²) >= 11 is 7.24. The number of fused-ring (bicyclic) bond motifs is 5. The van der Waals surface area contributed by atoms with Gasteiger partial charge in [-0.05, 0) is 73.3 Å². The number of nitrogens with one attached hydrogen (secondary N) is 1. The number of halogens is 2. The number of rotatable bonds is 1. The Balaban J connectivity index is 2.10. The highest BCUT2D eigenvalue weighted by Crippen LogP contribution is 2.55. The van der Waals surface area contributed by atoms with Gasteiger partial charge in [0.25, 0.3) is 0 Å².